The summed E-state index contributed by atoms with van der Waals surface area (Å²) in [6.45, 7) is 2.04. The van der Waals surface area contributed by atoms with E-state index in [2.05, 4.69) is 4.98 Å². The second-order valence-corrected chi connectivity index (χ2v) is 3.57. The average Bonchev–Trinajstić information content (AvgIpc) is 2.20. The summed E-state index contributed by atoms with van der Waals surface area (Å²) in [5.41, 5.74) is 0.991. The maximum absolute atomic E-state index is 11.5. The third-order valence-corrected chi connectivity index (χ3v) is 2.65. The van der Waals surface area contributed by atoms with E-state index in [0.29, 0.717) is 10.4 Å². The van der Waals surface area contributed by atoms with E-state index >= 15 is 0 Å². The number of benzene rings is 1. The molecule has 0 spiro atoms. The molecule has 0 fully saturated rings. The molecule has 0 amide bonds. The van der Waals surface area contributed by atoms with Crippen molar-refractivity contribution in [3.8, 4) is 0 Å². The minimum Gasteiger partial charge on any atom is -0.328 e. The molecule has 0 aliphatic heterocycles. The van der Waals surface area contributed by atoms with Crippen LogP contribution in [0.4, 0.5) is 0 Å². The zero-order valence-electron chi connectivity index (χ0n) is 7.80. The fourth-order valence-electron chi connectivity index (χ4n) is 1.62. The van der Waals surface area contributed by atoms with E-state index in [4.69, 9.17) is 11.6 Å². The maximum atomic E-state index is 11.5. The molecule has 1 aromatic heterocycles. The van der Waals surface area contributed by atoms with Gasteiger partial charge in [-0.2, -0.15) is 0 Å². The van der Waals surface area contributed by atoms with Crippen LogP contribution >= 0.6 is 11.6 Å². The second kappa shape index (κ2) is 3.46. The van der Waals surface area contributed by atoms with Crippen molar-refractivity contribution in [3.63, 3.8) is 0 Å². The highest BCUT2D eigenvalue weighted by Crippen LogP contribution is 2.24. The van der Waals surface area contributed by atoms with Gasteiger partial charge in [0.2, 0.25) is 0 Å². The quantitative estimate of drug-likeness (QED) is 0.767. The largest absolute Gasteiger partial charge is 0.328 e. The molecule has 0 bridgehead atoms. The molecule has 0 saturated heterocycles. The molecule has 3 heteroatoms. The monoisotopic (exact) mass is 207 g/mol. The van der Waals surface area contributed by atoms with Gasteiger partial charge in [0.1, 0.15) is 0 Å². The number of pyridine rings is 1. The Bertz CT molecular complexity index is 530. The van der Waals surface area contributed by atoms with Crippen molar-refractivity contribution in [3.05, 3.63) is 45.3 Å². The minimum atomic E-state index is -0.0836. The molecule has 2 aromatic rings. The number of fused-ring (bicyclic) bond motifs is 1. The van der Waals surface area contributed by atoms with E-state index in [1.807, 2.05) is 13.0 Å². The van der Waals surface area contributed by atoms with Crippen molar-refractivity contribution >= 4 is 22.4 Å². The van der Waals surface area contributed by atoms with Crippen molar-refractivity contribution in [2.45, 2.75) is 13.3 Å². The SMILES string of the molecule is CCc1c[nH]c(=O)c2cccc(Cl)c12. The Morgan fingerprint density at radius 3 is 2.93 bits per heavy atom. The molecule has 72 valence electrons. The van der Waals surface area contributed by atoms with Crippen molar-refractivity contribution in [1.82, 2.24) is 4.98 Å². The van der Waals surface area contributed by atoms with Crippen LogP contribution in [-0.4, -0.2) is 4.98 Å². The Morgan fingerprint density at radius 2 is 2.21 bits per heavy atom. The lowest BCUT2D eigenvalue weighted by molar-refractivity contribution is 1.11. The van der Waals surface area contributed by atoms with Gasteiger partial charge >= 0.3 is 0 Å². The Hall–Kier alpha value is -1.28. The molecular formula is C11H10ClNO. The third-order valence-electron chi connectivity index (χ3n) is 2.34. The molecular weight excluding hydrogens is 198 g/mol. The number of rotatable bonds is 1. The van der Waals surface area contributed by atoms with Crippen LogP contribution in [0.15, 0.2) is 29.2 Å². The number of hydrogen-bond donors (Lipinski definition) is 1. The van der Waals surface area contributed by atoms with Gasteiger partial charge in [-0.15, -0.1) is 0 Å². The zero-order valence-corrected chi connectivity index (χ0v) is 8.56. The summed E-state index contributed by atoms with van der Waals surface area (Å²) < 4.78 is 0. The van der Waals surface area contributed by atoms with Crippen LogP contribution in [0.1, 0.15) is 12.5 Å². The first kappa shape index (κ1) is 9.28. The smallest absolute Gasteiger partial charge is 0.255 e. The number of aromatic amines is 1. The van der Waals surface area contributed by atoms with Gasteiger partial charge in [0.15, 0.2) is 0 Å². The van der Waals surface area contributed by atoms with Gasteiger partial charge in [0.05, 0.1) is 0 Å². The van der Waals surface area contributed by atoms with Crippen LogP contribution in [0.3, 0.4) is 0 Å². The van der Waals surface area contributed by atoms with E-state index in [1.165, 1.54) is 0 Å². The summed E-state index contributed by atoms with van der Waals surface area (Å²) in [6.07, 6.45) is 2.59. The first-order chi connectivity index (χ1) is 6.74. The van der Waals surface area contributed by atoms with E-state index < -0.39 is 0 Å². The zero-order chi connectivity index (χ0) is 10.1. The second-order valence-electron chi connectivity index (χ2n) is 3.16. The lowest BCUT2D eigenvalue weighted by Gasteiger charge is -2.04. The normalized spacial score (nSPS) is 10.7. The molecule has 2 nitrogen and oxygen atoms in total. The topological polar surface area (TPSA) is 32.9 Å². The van der Waals surface area contributed by atoms with Crippen LogP contribution in [-0.2, 0) is 6.42 Å². The van der Waals surface area contributed by atoms with Crippen molar-refractivity contribution in [1.29, 1.82) is 0 Å². The van der Waals surface area contributed by atoms with E-state index in [9.17, 15) is 4.79 Å². The first-order valence-electron chi connectivity index (χ1n) is 4.53. The van der Waals surface area contributed by atoms with Crippen LogP contribution in [0.25, 0.3) is 10.8 Å². The number of nitrogens with one attached hydrogen (secondary N) is 1. The van der Waals surface area contributed by atoms with Gasteiger partial charge in [-0.25, -0.2) is 0 Å². The van der Waals surface area contributed by atoms with Gasteiger partial charge in [-0.1, -0.05) is 24.6 Å². The first-order valence-corrected chi connectivity index (χ1v) is 4.90. The predicted octanol–water partition coefficient (Wildman–Crippen LogP) is 2.74. The van der Waals surface area contributed by atoms with E-state index in [-0.39, 0.29) is 5.56 Å². The highest BCUT2D eigenvalue weighted by atomic mass is 35.5. The Labute approximate surface area is 86.5 Å². The van der Waals surface area contributed by atoms with E-state index in [1.54, 1.807) is 18.3 Å². The third kappa shape index (κ3) is 1.32. The summed E-state index contributed by atoms with van der Waals surface area (Å²) in [7, 11) is 0. The van der Waals surface area contributed by atoms with E-state index in [0.717, 1.165) is 17.4 Å². The molecule has 0 radical (unpaired) electrons. The number of hydrogen-bond acceptors (Lipinski definition) is 1. The van der Waals surface area contributed by atoms with Crippen molar-refractivity contribution in [2.24, 2.45) is 0 Å². The molecule has 1 N–H and O–H groups in total. The molecule has 0 atom stereocenters. The maximum Gasteiger partial charge on any atom is 0.255 e. The van der Waals surface area contributed by atoms with Gasteiger partial charge in [0, 0.05) is 22.0 Å². The number of halogens is 1. The summed E-state index contributed by atoms with van der Waals surface area (Å²) >= 11 is 6.06. The van der Waals surface area contributed by atoms with Gasteiger partial charge < -0.3 is 4.98 Å². The summed E-state index contributed by atoms with van der Waals surface area (Å²) in [5.74, 6) is 0. The van der Waals surface area contributed by atoms with Gasteiger partial charge in [-0.05, 0) is 24.1 Å². The number of aryl methyl sites for hydroxylation is 1. The molecule has 0 saturated carbocycles. The predicted molar refractivity (Wildman–Crippen MR) is 59.0 cm³/mol. The van der Waals surface area contributed by atoms with Gasteiger partial charge in [0.25, 0.3) is 5.56 Å². The Kier molecular flexibility index (Phi) is 2.30. The summed E-state index contributed by atoms with van der Waals surface area (Å²) in [6, 6.07) is 5.39. The molecule has 0 unspecified atom stereocenters. The lowest BCUT2D eigenvalue weighted by Crippen LogP contribution is -2.06. The Balaban J connectivity index is 3.00. The number of H-pyrrole nitrogens is 1. The fourth-order valence-corrected chi connectivity index (χ4v) is 1.92. The van der Waals surface area contributed by atoms with Crippen LogP contribution < -0.4 is 5.56 Å². The standard InChI is InChI=1S/C11H10ClNO/c1-2-7-6-13-11(14)8-4-3-5-9(12)10(7)8/h3-6H,2H2,1H3,(H,13,14). The van der Waals surface area contributed by atoms with Crippen molar-refractivity contribution in [2.75, 3.05) is 0 Å². The van der Waals surface area contributed by atoms with Crippen molar-refractivity contribution < 1.29 is 0 Å². The summed E-state index contributed by atoms with van der Waals surface area (Å²) in [5, 5.41) is 2.18. The Morgan fingerprint density at radius 1 is 1.43 bits per heavy atom. The average molecular weight is 208 g/mol. The number of aromatic nitrogens is 1. The van der Waals surface area contributed by atoms with Crippen LogP contribution in [0.5, 0.6) is 0 Å². The molecule has 14 heavy (non-hydrogen) atoms. The molecule has 1 heterocycles. The molecule has 0 aliphatic carbocycles. The highest BCUT2D eigenvalue weighted by Gasteiger charge is 2.05. The fraction of sp³-hybridized carbons (Fsp3) is 0.182. The molecule has 1 aromatic carbocycles. The highest BCUT2D eigenvalue weighted by molar-refractivity contribution is 6.35. The minimum absolute atomic E-state index is 0.0836. The molecule has 0 aliphatic rings. The summed E-state index contributed by atoms with van der Waals surface area (Å²) in [4.78, 5) is 14.2. The van der Waals surface area contributed by atoms with Crippen LogP contribution in [0, 0.1) is 0 Å². The van der Waals surface area contributed by atoms with Gasteiger partial charge in [-0.3, -0.25) is 4.79 Å². The molecule has 2 rings (SSSR count). The lowest BCUT2D eigenvalue weighted by atomic mass is 10.1. The van der Waals surface area contributed by atoms with Crippen LogP contribution in [0.2, 0.25) is 5.02 Å².